The molecular weight excluding hydrogens is 294 g/mol. The van der Waals surface area contributed by atoms with E-state index in [1.165, 1.54) is 6.20 Å². The molecule has 0 saturated carbocycles. The first-order valence-corrected chi connectivity index (χ1v) is 7.94. The van der Waals surface area contributed by atoms with Crippen molar-refractivity contribution in [3.63, 3.8) is 0 Å². The van der Waals surface area contributed by atoms with E-state index in [0.717, 1.165) is 11.1 Å². The molecule has 1 aliphatic heterocycles. The molecule has 0 bridgehead atoms. The van der Waals surface area contributed by atoms with Gasteiger partial charge >= 0.3 is 6.09 Å². The standard InChI is InChI=1S/C17H29N3O3/c1-12(2)19-15(6-8-18)14-10-20(9-7-13(14)11-21)16(22)23-17(3,4)5/h6,8,12,21H,7,9-11,18H2,1-5H3. The monoisotopic (exact) mass is 323 g/mol. The Balaban J connectivity index is 3.07. The SMILES string of the molecule is CC(C)N=C(C=CN)C1=C(CO)CCN(C(=O)OC(C)(C)C)C1. The summed E-state index contributed by atoms with van der Waals surface area (Å²) >= 11 is 0. The molecule has 1 heterocycles. The molecular formula is C17H29N3O3. The Bertz CT molecular complexity index is 514. The van der Waals surface area contributed by atoms with Crippen LogP contribution in [0.2, 0.25) is 0 Å². The van der Waals surface area contributed by atoms with Crippen molar-refractivity contribution >= 4 is 11.8 Å². The van der Waals surface area contributed by atoms with E-state index in [9.17, 15) is 9.90 Å². The fraction of sp³-hybridized carbons (Fsp3) is 0.647. The van der Waals surface area contributed by atoms with Crippen LogP contribution in [-0.4, -0.2) is 53.2 Å². The van der Waals surface area contributed by atoms with Crippen LogP contribution in [0.25, 0.3) is 0 Å². The largest absolute Gasteiger partial charge is 0.444 e. The van der Waals surface area contributed by atoms with Crippen molar-refractivity contribution in [3.8, 4) is 0 Å². The summed E-state index contributed by atoms with van der Waals surface area (Å²) in [5.74, 6) is 0. The lowest BCUT2D eigenvalue weighted by atomic mass is 9.96. The van der Waals surface area contributed by atoms with Gasteiger partial charge in [0, 0.05) is 12.6 Å². The predicted octanol–water partition coefficient (Wildman–Crippen LogP) is 2.24. The summed E-state index contributed by atoms with van der Waals surface area (Å²) < 4.78 is 5.43. The van der Waals surface area contributed by atoms with Crippen LogP contribution in [0.1, 0.15) is 41.0 Å². The van der Waals surface area contributed by atoms with Gasteiger partial charge in [-0.15, -0.1) is 0 Å². The normalized spacial score (nSPS) is 17.3. The van der Waals surface area contributed by atoms with Gasteiger partial charge in [-0.25, -0.2) is 4.79 Å². The molecule has 1 aliphatic rings. The molecule has 0 saturated heterocycles. The zero-order valence-electron chi connectivity index (χ0n) is 14.8. The first-order valence-electron chi connectivity index (χ1n) is 7.94. The number of nitrogens with two attached hydrogens (primary N) is 1. The number of allylic oxidation sites excluding steroid dienone is 1. The Hall–Kier alpha value is -1.82. The third kappa shape index (κ3) is 6.06. The van der Waals surface area contributed by atoms with Crippen LogP contribution in [0, 0.1) is 0 Å². The number of rotatable bonds is 4. The summed E-state index contributed by atoms with van der Waals surface area (Å²) in [6.07, 6.45) is 3.38. The third-order valence-electron chi connectivity index (χ3n) is 3.26. The maximum atomic E-state index is 12.3. The fourth-order valence-corrected chi connectivity index (χ4v) is 2.31. The number of aliphatic hydroxyl groups excluding tert-OH is 1. The number of nitrogens with zero attached hydrogens (tertiary/aromatic N) is 2. The number of carbonyl (C=O) groups excluding carboxylic acids is 1. The van der Waals surface area contributed by atoms with Gasteiger partial charge in [-0.1, -0.05) is 0 Å². The summed E-state index contributed by atoms with van der Waals surface area (Å²) in [6, 6.07) is 0.0885. The molecule has 6 nitrogen and oxygen atoms in total. The van der Waals surface area contributed by atoms with E-state index in [-0.39, 0.29) is 18.7 Å². The molecule has 0 aliphatic carbocycles. The van der Waals surface area contributed by atoms with E-state index in [4.69, 9.17) is 10.5 Å². The fourth-order valence-electron chi connectivity index (χ4n) is 2.31. The van der Waals surface area contributed by atoms with E-state index in [1.807, 2.05) is 34.6 Å². The second-order valence-corrected chi connectivity index (χ2v) is 6.86. The zero-order chi connectivity index (χ0) is 17.6. The molecule has 6 heteroatoms. The van der Waals surface area contributed by atoms with E-state index in [1.54, 1.807) is 11.0 Å². The first kappa shape index (κ1) is 19.2. The Labute approximate surface area is 138 Å². The minimum absolute atomic E-state index is 0.0486. The van der Waals surface area contributed by atoms with Crippen LogP contribution < -0.4 is 5.73 Å². The summed E-state index contributed by atoms with van der Waals surface area (Å²) in [5, 5.41) is 9.62. The Morgan fingerprint density at radius 2 is 2.13 bits per heavy atom. The number of hydrogen-bond donors (Lipinski definition) is 2. The minimum Gasteiger partial charge on any atom is -0.444 e. The zero-order valence-corrected chi connectivity index (χ0v) is 14.8. The topological polar surface area (TPSA) is 88.2 Å². The molecule has 1 rings (SSSR count). The molecule has 3 N–H and O–H groups in total. The highest BCUT2D eigenvalue weighted by molar-refractivity contribution is 6.09. The second kappa shape index (κ2) is 8.15. The molecule has 0 radical (unpaired) electrons. The molecule has 0 atom stereocenters. The van der Waals surface area contributed by atoms with Crippen LogP contribution in [0.4, 0.5) is 4.79 Å². The highest BCUT2D eigenvalue weighted by atomic mass is 16.6. The average molecular weight is 323 g/mol. The van der Waals surface area contributed by atoms with E-state index in [2.05, 4.69) is 4.99 Å². The molecule has 0 fully saturated rings. The number of aliphatic imine (C=N–C) groups is 1. The van der Waals surface area contributed by atoms with E-state index >= 15 is 0 Å². The Morgan fingerprint density at radius 1 is 1.48 bits per heavy atom. The number of hydrogen-bond acceptors (Lipinski definition) is 5. The molecule has 1 amide bonds. The maximum Gasteiger partial charge on any atom is 0.410 e. The molecule has 0 aromatic carbocycles. The molecule has 0 spiro atoms. The van der Waals surface area contributed by atoms with Gasteiger partial charge in [-0.2, -0.15) is 0 Å². The van der Waals surface area contributed by atoms with Gasteiger partial charge in [-0.05, 0) is 64.5 Å². The third-order valence-corrected chi connectivity index (χ3v) is 3.26. The predicted molar refractivity (Wildman–Crippen MR) is 92.4 cm³/mol. The van der Waals surface area contributed by atoms with Crippen molar-refractivity contribution in [1.29, 1.82) is 0 Å². The Kier molecular flexibility index (Phi) is 6.81. The summed E-state index contributed by atoms with van der Waals surface area (Å²) in [7, 11) is 0. The van der Waals surface area contributed by atoms with E-state index < -0.39 is 5.60 Å². The van der Waals surface area contributed by atoms with Crippen molar-refractivity contribution in [3.05, 3.63) is 23.4 Å². The van der Waals surface area contributed by atoms with Crippen molar-refractivity contribution in [1.82, 2.24) is 4.90 Å². The highest BCUT2D eigenvalue weighted by Gasteiger charge is 2.28. The van der Waals surface area contributed by atoms with Crippen LogP contribution in [0.3, 0.4) is 0 Å². The van der Waals surface area contributed by atoms with Gasteiger partial charge in [-0.3, -0.25) is 4.99 Å². The summed E-state index contributed by atoms with van der Waals surface area (Å²) in [5.41, 5.74) is 7.43. The second-order valence-electron chi connectivity index (χ2n) is 6.86. The minimum atomic E-state index is -0.537. The van der Waals surface area contributed by atoms with Gasteiger partial charge in [0.15, 0.2) is 0 Å². The number of ether oxygens (including phenoxy) is 1. The number of amides is 1. The first-order chi connectivity index (χ1) is 10.7. The van der Waals surface area contributed by atoms with Crippen LogP contribution in [0.5, 0.6) is 0 Å². The lowest BCUT2D eigenvalue weighted by Crippen LogP contribution is -2.42. The average Bonchev–Trinajstić information content (AvgIpc) is 2.44. The van der Waals surface area contributed by atoms with Crippen molar-refractivity contribution in [2.24, 2.45) is 10.7 Å². The Morgan fingerprint density at radius 3 is 2.61 bits per heavy atom. The van der Waals surface area contributed by atoms with Gasteiger partial charge in [0.2, 0.25) is 0 Å². The molecule has 23 heavy (non-hydrogen) atoms. The van der Waals surface area contributed by atoms with Crippen molar-refractivity contribution in [2.45, 2.75) is 52.7 Å². The summed E-state index contributed by atoms with van der Waals surface area (Å²) in [6.45, 7) is 10.3. The lowest BCUT2D eigenvalue weighted by molar-refractivity contribution is 0.0260. The van der Waals surface area contributed by atoms with Crippen LogP contribution in [0.15, 0.2) is 28.4 Å². The number of aliphatic hydroxyl groups is 1. The maximum absolute atomic E-state index is 12.3. The molecule has 130 valence electrons. The lowest BCUT2D eigenvalue weighted by Gasteiger charge is -2.32. The highest BCUT2D eigenvalue weighted by Crippen LogP contribution is 2.22. The van der Waals surface area contributed by atoms with E-state index in [0.29, 0.717) is 25.2 Å². The van der Waals surface area contributed by atoms with Gasteiger partial charge < -0.3 is 20.5 Å². The number of carbonyl (C=O) groups is 1. The van der Waals surface area contributed by atoms with Crippen LogP contribution >= 0.6 is 0 Å². The summed E-state index contributed by atoms with van der Waals surface area (Å²) in [4.78, 5) is 18.5. The van der Waals surface area contributed by atoms with Crippen molar-refractivity contribution in [2.75, 3.05) is 19.7 Å². The molecule has 0 unspecified atom stereocenters. The van der Waals surface area contributed by atoms with Gasteiger partial charge in [0.05, 0.1) is 18.9 Å². The van der Waals surface area contributed by atoms with Gasteiger partial charge in [0.1, 0.15) is 5.60 Å². The molecule has 0 aromatic rings. The van der Waals surface area contributed by atoms with Gasteiger partial charge in [0.25, 0.3) is 0 Å². The quantitative estimate of drug-likeness (QED) is 0.777. The molecule has 0 aromatic heterocycles. The van der Waals surface area contributed by atoms with Crippen molar-refractivity contribution < 1.29 is 14.6 Å². The van der Waals surface area contributed by atoms with Crippen LogP contribution in [-0.2, 0) is 4.74 Å². The smallest absolute Gasteiger partial charge is 0.410 e.